The van der Waals surface area contributed by atoms with Gasteiger partial charge < -0.3 is 24.8 Å². The van der Waals surface area contributed by atoms with Gasteiger partial charge in [-0.1, -0.05) is 37.4 Å². The van der Waals surface area contributed by atoms with E-state index >= 15 is 0 Å². The Morgan fingerprint density at radius 3 is 2.25 bits per heavy atom. The minimum absolute atomic E-state index is 0.0331. The van der Waals surface area contributed by atoms with Crippen LogP contribution >= 0.6 is 0 Å². The molecule has 0 saturated heterocycles. The van der Waals surface area contributed by atoms with E-state index < -0.39 is 31.6 Å². The average Bonchev–Trinajstić information content (AvgIpc) is 2.77. The number of aliphatic hydroxyl groups is 3. The SMILES string of the molecule is C=C(CO)C(=O)Oc1cc(OC(O)C(=C)CO)cc(-c2ccc(CCC=C(F)F)cc2)c1. The predicted octanol–water partition coefficient (Wildman–Crippen LogP) is 3.77. The molecule has 0 aliphatic heterocycles. The lowest BCUT2D eigenvalue weighted by Crippen LogP contribution is -2.20. The molecule has 2 rings (SSSR count). The lowest BCUT2D eigenvalue weighted by Gasteiger charge is -2.17. The van der Waals surface area contributed by atoms with Crippen molar-refractivity contribution < 1.29 is 38.4 Å². The molecular weight excluding hydrogens is 422 g/mol. The molecule has 0 aromatic heterocycles. The molecule has 0 bridgehead atoms. The van der Waals surface area contributed by atoms with Crippen molar-refractivity contribution in [3.63, 3.8) is 0 Å². The number of carbonyl (C=O) groups excluding carboxylic acids is 1. The minimum atomic E-state index is -1.71. The summed E-state index contributed by atoms with van der Waals surface area (Å²) < 4.78 is 35.0. The molecule has 32 heavy (non-hydrogen) atoms. The summed E-state index contributed by atoms with van der Waals surface area (Å²) in [6.45, 7) is 5.86. The van der Waals surface area contributed by atoms with Crippen molar-refractivity contribution >= 4 is 5.97 Å². The van der Waals surface area contributed by atoms with Gasteiger partial charge >= 0.3 is 5.97 Å². The smallest absolute Gasteiger partial charge is 0.341 e. The molecule has 8 heteroatoms. The van der Waals surface area contributed by atoms with E-state index in [0.717, 1.165) is 11.6 Å². The van der Waals surface area contributed by atoms with Gasteiger partial charge in [-0.15, -0.1) is 0 Å². The van der Waals surface area contributed by atoms with Crippen LogP contribution in [0, 0.1) is 0 Å². The molecule has 0 fully saturated rings. The Morgan fingerprint density at radius 2 is 1.66 bits per heavy atom. The Hall–Kier alpha value is -3.33. The quantitative estimate of drug-likeness (QED) is 0.160. The van der Waals surface area contributed by atoms with Crippen molar-refractivity contribution in [3.8, 4) is 22.6 Å². The molecular formula is C24H24F2O6. The highest BCUT2D eigenvalue weighted by molar-refractivity contribution is 5.90. The van der Waals surface area contributed by atoms with Gasteiger partial charge in [-0.25, -0.2) is 4.79 Å². The van der Waals surface area contributed by atoms with E-state index in [1.807, 2.05) is 0 Å². The van der Waals surface area contributed by atoms with E-state index in [2.05, 4.69) is 13.2 Å². The topological polar surface area (TPSA) is 96.2 Å². The van der Waals surface area contributed by atoms with Crippen molar-refractivity contribution in [3.05, 3.63) is 84.5 Å². The van der Waals surface area contributed by atoms with Crippen LogP contribution in [-0.2, 0) is 11.2 Å². The van der Waals surface area contributed by atoms with Crippen LogP contribution < -0.4 is 9.47 Å². The standard InChI is InChI=1S/C24H24F2O6/c1-15(13-27)23(29)31-20-10-19(11-21(12-20)32-24(30)16(2)14-28)18-8-6-17(7-9-18)4-3-5-22(25)26/h5-12,23,27-29H,1-4,13-14H2. The Bertz CT molecular complexity index is 994. The summed E-state index contributed by atoms with van der Waals surface area (Å²) in [6.07, 6.45) is -1.68. The fourth-order valence-electron chi connectivity index (χ4n) is 2.61. The molecule has 6 nitrogen and oxygen atoms in total. The van der Waals surface area contributed by atoms with Crippen LogP contribution in [0.25, 0.3) is 11.1 Å². The number of hydrogen-bond acceptors (Lipinski definition) is 6. The first-order chi connectivity index (χ1) is 15.2. The summed E-state index contributed by atoms with van der Waals surface area (Å²) in [6, 6.07) is 11.6. The van der Waals surface area contributed by atoms with Crippen LogP contribution in [0.3, 0.4) is 0 Å². The summed E-state index contributed by atoms with van der Waals surface area (Å²) in [5.41, 5.74) is 2.03. The number of esters is 1. The van der Waals surface area contributed by atoms with Crippen molar-refractivity contribution in [1.82, 2.24) is 0 Å². The van der Waals surface area contributed by atoms with E-state index in [9.17, 15) is 18.7 Å². The lowest BCUT2D eigenvalue weighted by molar-refractivity contribution is -0.130. The van der Waals surface area contributed by atoms with Crippen molar-refractivity contribution in [2.75, 3.05) is 13.2 Å². The van der Waals surface area contributed by atoms with Crippen LogP contribution in [0.2, 0.25) is 0 Å². The number of halogens is 2. The zero-order valence-corrected chi connectivity index (χ0v) is 17.3. The highest BCUT2D eigenvalue weighted by atomic mass is 19.3. The van der Waals surface area contributed by atoms with Gasteiger partial charge in [-0.05, 0) is 47.7 Å². The zero-order chi connectivity index (χ0) is 23.7. The Balaban J connectivity index is 2.33. The highest BCUT2D eigenvalue weighted by Crippen LogP contribution is 2.31. The molecule has 0 aliphatic rings. The van der Waals surface area contributed by atoms with E-state index in [0.29, 0.717) is 17.5 Å². The molecule has 0 aliphatic carbocycles. The van der Waals surface area contributed by atoms with Gasteiger partial charge in [0.15, 0.2) is 0 Å². The molecule has 0 heterocycles. The number of aryl methyl sites for hydroxylation is 1. The van der Waals surface area contributed by atoms with Crippen LogP contribution in [0.5, 0.6) is 11.5 Å². The van der Waals surface area contributed by atoms with E-state index in [1.54, 1.807) is 36.4 Å². The monoisotopic (exact) mass is 446 g/mol. The molecule has 170 valence electrons. The molecule has 0 spiro atoms. The first kappa shape index (κ1) is 24.9. The van der Waals surface area contributed by atoms with E-state index in [-0.39, 0.29) is 29.1 Å². The number of ether oxygens (including phenoxy) is 2. The molecule has 0 amide bonds. The maximum Gasteiger partial charge on any atom is 0.341 e. The molecule has 0 saturated carbocycles. The third-order valence-corrected chi connectivity index (χ3v) is 4.39. The molecule has 1 atom stereocenters. The van der Waals surface area contributed by atoms with Gasteiger partial charge in [0.05, 0.1) is 18.8 Å². The number of hydrogen-bond donors (Lipinski definition) is 3. The van der Waals surface area contributed by atoms with Crippen LogP contribution in [-0.4, -0.2) is 40.8 Å². The normalized spacial score (nSPS) is 11.4. The summed E-state index contributed by atoms with van der Waals surface area (Å²) in [7, 11) is 0. The van der Waals surface area contributed by atoms with Gasteiger partial charge in [-0.2, -0.15) is 8.78 Å². The third kappa shape index (κ3) is 7.42. The van der Waals surface area contributed by atoms with Gasteiger partial charge in [0.25, 0.3) is 6.08 Å². The van der Waals surface area contributed by atoms with Crippen LogP contribution in [0.1, 0.15) is 12.0 Å². The summed E-state index contributed by atoms with van der Waals surface area (Å²) in [4.78, 5) is 12.0. The number of benzene rings is 2. The maximum absolute atomic E-state index is 12.2. The first-order valence-corrected chi connectivity index (χ1v) is 9.63. The van der Waals surface area contributed by atoms with Crippen LogP contribution in [0.4, 0.5) is 8.78 Å². The van der Waals surface area contributed by atoms with Gasteiger partial charge in [0.1, 0.15) is 11.5 Å². The second kappa shape index (κ2) is 11.9. The number of aliphatic hydroxyl groups excluding tert-OH is 3. The maximum atomic E-state index is 12.2. The van der Waals surface area contributed by atoms with Crippen molar-refractivity contribution in [2.45, 2.75) is 19.1 Å². The molecule has 2 aromatic rings. The average molecular weight is 446 g/mol. The second-order valence-electron chi connectivity index (χ2n) is 6.86. The van der Waals surface area contributed by atoms with E-state index in [4.69, 9.17) is 19.7 Å². The largest absolute Gasteiger partial charge is 0.461 e. The minimum Gasteiger partial charge on any atom is -0.461 e. The number of rotatable bonds is 11. The highest BCUT2D eigenvalue weighted by Gasteiger charge is 2.15. The zero-order valence-electron chi connectivity index (χ0n) is 17.3. The van der Waals surface area contributed by atoms with Crippen LogP contribution in [0.15, 0.2) is 78.9 Å². The molecule has 0 radical (unpaired) electrons. The Labute approximate surface area is 184 Å². The summed E-state index contributed by atoms with van der Waals surface area (Å²) >= 11 is 0. The van der Waals surface area contributed by atoms with Gasteiger partial charge in [0.2, 0.25) is 6.29 Å². The van der Waals surface area contributed by atoms with E-state index in [1.165, 1.54) is 6.07 Å². The third-order valence-electron chi connectivity index (χ3n) is 4.39. The summed E-state index contributed by atoms with van der Waals surface area (Å²) in [5, 5.41) is 28.2. The lowest BCUT2D eigenvalue weighted by atomic mass is 10.0. The molecule has 3 N–H and O–H groups in total. The number of allylic oxidation sites excluding steroid dienone is 1. The Kier molecular flexibility index (Phi) is 9.27. The molecule has 1 unspecified atom stereocenters. The second-order valence-corrected chi connectivity index (χ2v) is 6.86. The fourth-order valence-corrected chi connectivity index (χ4v) is 2.61. The predicted molar refractivity (Wildman–Crippen MR) is 115 cm³/mol. The molecule has 2 aromatic carbocycles. The number of carbonyl (C=O) groups is 1. The fraction of sp³-hybridized carbons (Fsp3) is 0.208. The van der Waals surface area contributed by atoms with Gasteiger partial charge in [-0.3, -0.25) is 0 Å². The first-order valence-electron chi connectivity index (χ1n) is 9.63. The summed E-state index contributed by atoms with van der Waals surface area (Å²) in [5.74, 6) is -0.624. The van der Waals surface area contributed by atoms with Gasteiger partial charge in [0, 0.05) is 11.6 Å². The van der Waals surface area contributed by atoms with Crippen molar-refractivity contribution in [2.24, 2.45) is 0 Å². The Morgan fingerprint density at radius 1 is 1.00 bits per heavy atom. The van der Waals surface area contributed by atoms with Crippen molar-refractivity contribution in [1.29, 1.82) is 0 Å².